The van der Waals surface area contributed by atoms with E-state index in [-0.39, 0.29) is 24.6 Å². The molecule has 1 aromatic carbocycles. The monoisotopic (exact) mass is 182 g/mol. The largest absolute Gasteiger partial charge is 1.00 e. The fourth-order valence-corrected chi connectivity index (χ4v) is 1.67. The quantitative estimate of drug-likeness (QED) is 0.485. The Kier molecular flexibility index (Phi) is 3.68. The van der Waals surface area contributed by atoms with E-state index in [1.807, 2.05) is 24.3 Å². The summed E-state index contributed by atoms with van der Waals surface area (Å²) < 4.78 is 5.03. The number of benzene rings is 1. The molecule has 0 atom stereocenters. The number of hydrogen-bond donors (Lipinski definition) is 0. The molecule has 3 heteroatoms. The van der Waals surface area contributed by atoms with Gasteiger partial charge in [0, 0.05) is 6.42 Å². The van der Waals surface area contributed by atoms with Gasteiger partial charge < -0.3 is 9.84 Å². The van der Waals surface area contributed by atoms with Gasteiger partial charge in [-0.05, 0) is 17.5 Å². The summed E-state index contributed by atoms with van der Waals surface area (Å²) >= 11 is 0. The van der Waals surface area contributed by atoms with Crippen molar-refractivity contribution in [1.82, 2.24) is 0 Å². The Hall–Kier alpha value is -0.843. The minimum Gasteiger partial charge on any atom is -0.870 e. The smallest absolute Gasteiger partial charge is 0.870 e. The average Bonchev–Trinajstić information content (AvgIpc) is 2.19. The van der Waals surface area contributed by atoms with E-state index >= 15 is 0 Å². The van der Waals surface area contributed by atoms with Crippen LogP contribution in [0.25, 0.3) is 5.76 Å². The first-order valence-electron chi connectivity index (χ1n) is 4.35. The molecule has 1 aliphatic carbocycles. The van der Waals surface area contributed by atoms with Gasteiger partial charge in [-0.1, -0.05) is 30.0 Å². The van der Waals surface area contributed by atoms with E-state index in [0.717, 1.165) is 24.0 Å². The number of ether oxygens (including phenoxy) is 1. The van der Waals surface area contributed by atoms with Crippen LogP contribution in [0.1, 0.15) is 17.5 Å². The van der Waals surface area contributed by atoms with Gasteiger partial charge in [-0.2, -0.15) is 0 Å². The Balaban J connectivity index is 0.000000980. The maximum absolute atomic E-state index is 11.7. The average molecular weight is 182 g/mol. The Bertz CT molecular complexity index is 358. The van der Waals surface area contributed by atoms with Gasteiger partial charge in [0.05, 0.1) is 12.9 Å². The molecule has 0 N–H and O–H groups in total. The summed E-state index contributed by atoms with van der Waals surface area (Å²) in [6, 6.07) is 7.70. The van der Waals surface area contributed by atoms with Gasteiger partial charge in [0.2, 0.25) is 0 Å². The molecule has 0 fully saturated rings. The van der Waals surface area contributed by atoms with Crippen LogP contribution in [0.15, 0.2) is 30.0 Å². The molecular weight excluding hydrogens is 171 g/mol. The van der Waals surface area contributed by atoms with Crippen LogP contribution in [0.5, 0.6) is 0 Å². The van der Waals surface area contributed by atoms with Crippen molar-refractivity contribution in [3.05, 3.63) is 41.2 Å². The molecule has 68 valence electrons. The summed E-state index contributed by atoms with van der Waals surface area (Å²) in [5.74, 6) is 0.628. The summed E-state index contributed by atoms with van der Waals surface area (Å²) in [5, 5.41) is 11.7. The number of rotatable bonds is 1. The summed E-state index contributed by atoms with van der Waals surface area (Å²) in [5.41, 5.74) is 1.93. The normalized spacial score (nSPS) is 14.4. The van der Waals surface area contributed by atoms with Crippen molar-refractivity contribution < 1.29 is 28.7 Å². The van der Waals surface area contributed by atoms with Crippen LogP contribution < -0.4 is 24.0 Å². The summed E-state index contributed by atoms with van der Waals surface area (Å²) in [6.45, 7) is 0. The fourth-order valence-electron chi connectivity index (χ4n) is 1.67. The molecular formula is C11H11LiO2. The minimum absolute atomic E-state index is 0. The molecule has 0 saturated carbocycles. The van der Waals surface area contributed by atoms with Crippen LogP contribution in [0, 0.1) is 0 Å². The number of aryl methyl sites for hydroxylation is 1. The van der Waals surface area contributed by atoms with E-state index in [2.05, 4.69) is 0 Å². The van der Waals surface area contributed by atoms with Crippen molar-refractivity contribution >= 4 is 5.76 Å². The summed E-state index contributed by atoms with van der Waals surface area (Å²) in [7, 11) is 1.56. The second-order valence-electron chi connectivity index (χ2n) is 3.11. The Labute approximate surface area is 95.8 Å². The van der Waals surface area contributed by atoms with Crippen LogP contribution in [0.4, 0.5) is 0 Å². The van der Waals surface area contributed by atoms with Gasteiger partial charge in [-0.3, -0.25) is 0 Å². The molecule has 0 saturated heterocycles. The molecule has 0 bridgehead atoms. The summed E-state index contributed by atoms with van der Waals surface area (Å²) in [6.07, 6.45) is 1.64. The molecule has 0 amide bonds. The third-order valence-corrected chi connectivity index (χ3v) is 2.38. The zero-order valence-corrected chi connectivity index (χ0v) is 8.54. The zero-order chi connectivity index (χ0) is 9.26. The first-order chi connectivity index (χ1) is 6.33. The maximum Gasteiger partial charge on any atom is 1.00 e. The predicted octanol–water partition coefficient (Wildman–Crippen LogP) is -1.69. The van der Waals surface area contributed by atoms with Crippen LogP contribution in [0.2, 0.25) is 0 Å². The topological polar surface area (TPSA) is 32.3 Å². The van der Waals surface area contributed by atoms with Crippen LogP contribution >= 0.6 is 0 Å². The molecule has 0 heterocycles. The van der Waals surface area contributed by atoms with Crippen molar-refractivity contribution in [1.29, 1.82) is 0 Å². The van der Waals surface area contributed by atoms with E-state index in [4.69, 9.17) is 4.74 Å². The van der Waals surface area contributed by atoms with Crippen molar-refractivity contribution in [2.45, 2.75) is 12.8 Å². The number of hydrogen-bond acceptors (Lipinski definition) is 2. The van der Waals surface area contributed by atoms with Gasteiger partial charge in [0.1, 0.15) is 0 Å². The van der Waals surface area contributed by atoms with Crippen molar-refractivity contribution in [3.63, 3.8) is 0 Å². The molecule has 0 spiro atoms. The van der Waals surface area contributed by atoms with E-state index in [9.17, 15) is 5.11 Å². The predicted molar refractivity (Wildman–Crippen MR) is 48.7 cm³/mol. The van der Waals surface area contributed by atoms with Crippen molar-refractivity contribution in [2.75, 3.05) is 7.11 Å². The number of fused-ring (bicyclic) bond motifs is 1. The number of allylic oxidation sites excluding steroid dienone is 1. The molecule has 2 rings (SSSR count). The molecule has 14 heavy (non-hydrogen) atoms. The minimum atomic E-state index is 0. The SMILES string of the molecule is COC1=C([O-])c2ccccc2CC1.[Li+]. The second kappa shape index (κ2) is 4.59. The fraction of sp³-hybridized carbons (Fsp3) is 0.273. The molecule has 0 aromatic heterocycles. The third kappa shape index (κ3) is 1.82. The zero-order valence-electron chi connectivity index (χ0n) is 8.54. The third-order valence-electron chi connectivity index (χ3n) is 2.38. The van der Waals surface area contributed by atoms with E-state index in [0.29, 0.717) is 5.76 Å². The molecule has 1 aromatic rings. The van der Waals surface area contributed by atoms with E-state index < -0.39 is 0 Å². The Morgan fingerprint density at radius 1 is 1.21 bits per heavy atom. The van der Waals surface area contributed by atoms with Crippen LogP contribution in [0.3, 0.4) is 0 Å². The Morgan fingerprint density at radius 3 is 2.64 bits per heavy atom. The van der Waals surface area contributed by atoms with Gasteiger partial charge >= 0.3 is 18.9 Å². The van der Waals surface area contributed by atoms with Gasteiger partial charge in [0.25, 0.3) is 0 Å². The van der Waals surface area contributed by atoms with Crippen molar-refractivity contribution in [3.8, 4) is 0 Å². The first-order valence-corrected chi connectivity index (χ1v) is 4.35. The summed E-state index contributed by atoms with van der Waals surface area (Å²) in [4.78, 5) is 0. The Morgan fingerprint density at radius 2 is 1.93 bits per heavy atom. The standard InChI is InChI=1S/C11H12O2.Li/c1-13-10-7-6-8-4-2-3-5-9(8)11(10)12;/h2-5,12H,6-7H2,1H3;/q;+1/p-1. The van der Waals surface area contributed by atoms with E-state index in [1.165, 1.54) is 0 Å². The van der Waals surface area contributed by atoms with Gasteiger partial charge in [-0.15, -0.1) is 0 Å². The molecule has 1 aliphatic rings. The van der Waals surface area contributed by atoms with Crippen molar-refractivity contribution in [2.24, 2.45) is 0 Å². The second-order valence-corrected chi connectivity index (χ2v) is 3.11. The maximum atomic E-state index is 11.7. The molecule has 0 aliphatic heterocycles. The first kappa shape index (κ1) is 11.2. The van der Waals surface area contributed by atoms with Gasteiger partial charge in [-0.25, -0.2) is 0 Å². The van der Waals surface area contributed by atoms with Gasteiger partial charge in [0.15, 0.2) is 0 Å². The van der Waals surface area contributed by atoms with E-state index in [1.54, 1.807) is 7.11 Å². The molecule has 0 radical (unpaired) electrons. The molecule has 0 unspecified atom stereocenters. The molecule has 2 nitrogen and oxygen atoms in total. The number of methoxy groups -OCH3 is 1. The van der Waals surface area contributed by atoms with Crippen LogP contribution in [-0.4, -0.2) is 7.11 Å². The van der Waals surface area contributed by atoms with Crippen LogP contribution in [-0.2, 0) is 11.2 Å².